The summed E-state index contributed by atoms with van der Waals surface area (Å²) < 4.78 is 5.39. The van der Waals surface area contributed by atoms with Crippen molar-refractivity contribution in [3.05, 3.63) is 36.0 Å². The second kappa shape index (κ2) is 14.3. The van der Waals surface area contributed by atoms with Crippen LogP contribution in [0, 0.1) is 0 Å². The summed E-state index contributed by atoms with van der Waals surface area (Å²) in [5.41, 5.74) is 1.61. The van der Waals surface area contributed by atoms with Gasteiger partial charge in [0.05, 0.1) is 31.5 Å². The van der Waals surface area contributed by atoms with Crippen LogP contribution >= 0.6 is 0 Å². The molecule has 1 unspecified atom stereocenters. The number of nitrogens with one attached hydrogen (secondary N) is 1. The Bertz CT molecular complexity index is 1070. The third kappa shape index (κ3) is 7.25. The summed E-state index contributed by atoms with van der Waals surface area (Å²) in [7, 11) is 1.62. The number of benzene rings is 1. The topological polar surface area (TPSA) is 122 Å². The molecule has 0 saturated carbocycles. The standard InChI is InChI=1S/C29H45N5O5/c1-3-4-5-6-7-28(34-13-12-30-17-26(34)29(37)38)33-15-14-32(18-21(33)20-35)19-27(36)23-10-11-31-25-9-8-22(39-2)16-24(23)25/h8-11,16,21,26-28,30,35-36H,3-7,12-15,17-20H2,1-2H3,(H,37,38)/t21-,26?,27+,28+/m1/s1. The molecule has 4 rings (SSSR count). The van der Waals surface area contributed by atoms with E-state index in [1.807, 2.05) is 24.3 Å². The van der Waals surface area contributed by atoms with Gasteiger partial charge >= 0.3 is 5.97 Å². The molecule has 39 heavy (non-hydrogen) atoms. The van der Waals surface area contributed by atoms with Crippen molar-refractivity contribution in [2.24, 2.45) is 0 Å². The fraction of sp³-hybridized carbons (Fsp3) is 0.655. The van der Waals surface area contributed by atoms with Crippen LogP contribution < -0.4 is 10.1 Å². The number of carboxylic acids is 1. The van der Waals surface area contributed by atoms with Gasteiger partial charge in [0.25, 0.3) is 0 Å². The number of piperazine rings is 2. The normalized spacial score (nSPS) is 23.1. The Balaban J connectivity index is 1.48. The molecule has 2 aromatic rings. The Morgan fingerprint density at radius 3 is 2.77 bits per heavy atom. The molecule has 0 amide bonds. The van der Waals surface area contributed by atoms with Crippen LogP contribution in [0.2, 0.25) is 0 Å². The number of unbranched alkanes of at least 4 members (excludes halogenated alkanes) is 3. The second-order valence-electron chi connectivity index (χ2n) is 10.8. The number of aliphatic carboxylic acids is 1. The highest BCUT2D eigenvalue weighted by atomic mass is 16.5. The predicted molar refractivity (Wildman–Crippen MR) is 151 cm³/mol. The number of ether oxygens (including phenoxy) is 1. The fourth-order valence-electron chi connectivity index (χ4n) is 6.14. The van der Waals surface area contributed by atoms with Gasteiger partial charge in [0.15, 0.2) is 0 Å². The van der Waals surface area contributed by atoms with E-state index >= 15 is 0 Å². The molecule has 0 spiro atoms. The SMILES string of the molecule is CCCCCC[C@H](N1CCNCC1C(=O)O)N1CCN(C[C@H](O)c2ccnc3ccc(OC)cc23)C[C@@H]1CO. The maximum Gasteiger partial charge on any atom is 0.322 e. The van der Waals surface area contributed by atoms with Crippen LogP contribution in [0.5, 0.6) is 5.75 Å². The lowest BCUT2D eigenvalue weighted by Gasteiger charge is -2.50. The number of rotatable bonds is 13. The predicted octanol–water partition coefficient (Wildman–Crippen LogP) is 1.91. The zero-order valence-corrected chi connectivity index (χ0v) is 23.3. The summed E-state index contributed by atoms with van der Waals surface area (Å²) in [5, 5.41) is 35.8. The van der Waals surface area contributed by atoms with E-state index in [0.717, 1.165) is 61.0 Å². The van der Waals surface area contributed by atoms with E-state index in [1.54, 1.807) is 13.3 Å². The summed E-state index contributed by atoms with van der Waals surface area (Å²) in [4.78, 5) is 23.2. The number of aliphatic hydroxyl groups is 2. The Morgan fingerprint density at radius 1 is 1.18 bits per heavy atom. The molecule has 2 aliphatic rings. The Kier molecular flexibility index (Phi) is 10.9. The third-order valence-electron chi connectivity index (χ3n) is 8.25. The van der Waals surface area contributed by atoms with Crippen molar-refractivity contribution < 1.29 is 24.9 Å². The van der Waals surface area contributed by atoms with Crippen molar-refractivity contribution in [3.8, 4) is 5.75 Å². The number of carbonyl (C=O) groups is 1. The van der Waals surface area contributed by atoms with Gasteiger partial charge < -0.3 is 25.4 Å². The first-order chi connectivity index (χ1) is 19.0. The van der Waals surface area contributed by atoms with Gasteiger partial charge in [0.2, 0.25) is 0 Å². The third-order valence-corrected chi connectivity index (χ3v) is 8.25. The lowest BCUT2D eigenvalue weighted by molar-refractivity contribution is -0.150. The molecule has 1 aromatic carbocycles. The maximum absolute atomic E-state index is 12.1. The number of carboxylic acid groups (broad SMARTS) is 1. The van der Waals surface area contributed by atoms with Gasteiger partial charge in [0.1, 0.15) is 11.8 Å². The monoisotopic (exact) mass is 543 g/mol. The number of methoxy groups -OCH3 is 1. The van der Waals surface area contributed by atoms with Gasteiger partial charge in [-0.1, -0.05) is 32.6 Å². The average Bonchev–Trinajstić information content (AvgIpc) is 2.96. The number of aromatic nitrogens is 1. The molecule has 10 heteroatoms. The lowest BCUT2D eigenvalue weighted by atomic mass is 10.0. The zero-order chi connectivity index (χ0) is 27.8. The number of pyridine rings is 1. The number of nitrogens with zero attached hydrogens (tertiary/aromatic N) is 4. The van der Waals surface area contributed by atoms with Crippen LogP contribution in [-0.4, -0.2) is 119 Å². The molecule has 2 fully saturated rings. The molecule has 216 valence electrons. The van der Waals surface area contributed by atoms with Crippen LogP contribution in [0.4, 0.5) is 0 Å². The molecule has 4 N–H and O–H groups in total. The van der Waals surface area contributed by atoms with Crippen molar-refractivity contribution in [1.82, 2.24) is 25.0 Å². The van der Waals surface area contributed by atoms with Crippen molar-refractivity contribution in [3.63, 3.8) is 0 Å². The first-order valence-electron chi connectivity index (χ1n) is 14.4. The molecule has 3 heterocycles. The summed E-state index contributed by atoms with van der Waals surface area (Å²) in [6.45, 7) is 6.52. The van der Waals surface area contributed by atoms with Crippen LogP contribution in [0.3, 0.4) is 0 Å². The van der Waals surface area contributed by atoms with Crippen molar-refractivity contribution >= 4 is 16.9 Å². The highest BCUT2D eigenvalue weighted by molar-refractivity contribution is 5.83. The van der Waals surface area contributed by atoms with E-state index < -0.39 is 18.1 Å². The minimum atomic E-state index is -0.802. The van der Waals surface area contributed by atoms with Gasteiger partial charge in [-0.2, -0.15) is 0 Å². The van der Waals surface area contributed by atoms with Crippen LogP contribution in [0.25, 0.3) is 10.9 Å². The molecule has 10 nitrogen and oxygen atoms in total. The van der Waals surface area contributed by atoms with Gasteiger partial charge in [-0.25, -0.2) is 0 Å². The average molecular weight is 544 g/mol. The van der Waals surface area contributed by atoms with Gasteiger partial charge in [-0.05, 0) is 36.2 Å². The highest BCUT2D eigenvalue weighted by Gasteiger charge is 2.40. The van der Waals surface area contributed by atoms with E-state index in [4.69, 9.17) is 4.74 Å². The smallest absolute Gasteiger partial charge is 0.322 e. The Hall–Kier alpha value is -2.34. The molecule has 0 aliphatic carbocycles. The largest absolute Gasteiger partial charge is 0.497 e. The molecular weight excluding hydrogens is 498 g/mol. The molecule has 0 radical (unpaired) electrons. The highest BCUT2D eigenvalue weighted by Crippen LogP contribution is 2.29. The second-order valence-corrected chi connectivity index (χ2v) is 10.8. The molecule has 0 bridgehead atoms. The summed E-state index contributed by atoms with van der Waals surface area (Å²) >= 11 is 0. The molecule has 1 aromatic heterocycles. The maximum atomic E-state index is 12.1. The van der Waals surface area contributed by atoms with E-state index in [2.05, 4.69) is 31.9 Å². The first kappa shape index (κ1) is 29.6. The van der Waals surface area contributed by atoms with Crippen molar-refractivity contribution in [2.45, 2.75) is 63.4 Å². The quantitative estimate of drug-likeness (QED) is 0.279. The van der Waals surface area contributed by atoms with Crippen LogP contribution in [-0.2, 0) is 4.79 Å². The lowest BCUT2D eigenvalue weighted by Crippen LogP contribution is -2.67. The first-order valence-corrected chi connectivity index (χ1v) is 14.4. The molecule has 2 aliphatic heterocycles. The van der Waals surface area contributed by atoms with Crippen LogP contribution in [0.15, 0.2) is 30.5 Å². The summed E-state index contributed by atoms with van der Waals surface area (Å²) in [6, 6.07) is 6.81. The van der Waals surface area contributed by atoms with E-state index in [9.17, 15) is 20.1 Å². The van der Waals surface area contributed by atoms with Gasteiger partial charge in [0, 0.05) is 63.4 Å². The number of hydrogen-bond acceptors (Lipinski definition) is 9. The summed E-state index contributed by atoms with van der Waals surface area (Å²) in [5.74, 6) is -0.0836. The molecule has 2 saturated heterocycles. The van der Waals surface area contributed by atoms with Crippen LogP contribution in [0.1, 0.15) is 50.7 Å². The van der Waals surface area contributed by atoms with E-state index in [-0.39, 0.29) is 18.8 Å². The number of hydrogen-bond donors (Lipinski definition) is 4. The fourth-order valence-corrected chi connectivity index (χ4v) is 6.14. The van der Waals surface area contributed by atoms with Crippen molar-refractivity contribution in [2.75, 3.05) is 59.5 Å². The minimum absolute atomic E-state index is 0.0166. The van der Waals surface area contributed by atoms with Gasteiger partial charge in [-0.3, -0.25) is 24.5 Å². The Morgan fingerprint density at radius 2 is 2.03 bits per heavy atom. The number of fused-ring (bicyclic) bond motifs is 1. The van der Waals surface area contributed by atoms with Gasteiger partial charge in [-0.15, -0.1) is 0 Å². The Labute approximate surface area is 231 Å². The van der Waals surface area contributed by atoms with Crippen molar-refractivity contribution in [1.29, 1.82) is 0 Å². The number of aliphatic hydroxyl groups excluding tert-OH is 2. The van der Waals surface area contributed by atoms with E-state index in [0.29, 0.717) is 32.7 Å². The van der Waals surface area contributed by atoms with E-state index in [1.165, 1.54) is 6.42 Å². The number of β-amino-alcohol motifs (C(OH)–C–C–N with tert-alkyl or cyclic N) is 1. The minimum Gasteiger partial charge on any atom is -0.497 e. The summed E-state index contributed by atoms with van der Waals surface area (Å²) in [6.07, 6.45) is 6.32. The zero-order valence-electron chi connectivity index (χ0n) is 23.3. The molecular formula is C29H45N5O5. The molecule has 4 atom stereocenters.